The van der Waals surface area contributed by atoms with Gasteiger partial charge in [0, 0.05) is 0 Å². The Morgan fingerprint density at radius 1 is 1.05 bits per heavy atom. The molecule has 0 saturated heterocycles. The van der Waals surface area contributed by atoms with Gasteiger partial charge in [-0.15, -0.1) is 0 Å². The molecule has 0 amide bonds. The number of carboxylic acids is 1. The number of benzene rings is 1. The number of carboxylic acid groups (broad SMARTS) is 1. The van der Waals surface area contributed by atoms with Crippen molar-refractivity contribution in [3.05, 3.63) is 35.4 Å². The number of rotatable bonds is 5. The Kier molecular flexibility index (Phi) is 5.06. The van der Waals surface area contributed by atoms with Gasteiger partial charge >= 0.3 is 11.9 Å². The molecule has 0 aliphatic rings. The van der Waals surface area contributed by atoms with Gasteiger partial charge in [0.1, 0.15) is 6.61 Å². The van der Waals surface area contributed by atoms with Crippen LogP contribution in [0, 0.1) is 0 Å². The monoisotopic (exact) mass is 266 g/mol. The van der Waals surface area contributed by atoms with E-state index in [1.165, 1.54) is 24.3 Å². The Morgan fingerprint density at radius 3 is 2.05 bits per heavy atom. The zero-order valence-corrected chi connectivity index (χ0v) is 11.3. The molecule has 0 bridgehead atoms. The molecule has 1 N–H and O–H groups in total. The van der Waals surface area contributed by atoms with E-state index < -0.39 is 11.9 Å². The maximum Gasteiger partial charge on any atom is 0.338 e. The molecule has 0 aliphatic heterocycles. The van der Waals surface area contributed by atoms with E-state index in [-0.39, 0.29) is 17.8 Å². The van der Waals surface area contributed by atoms with Crippen molar-refractivity contribution >= 4 is 11.9 Å². The molecule has 0 fully saturated rings. The molecule has 1 aromatic rings. The van der Waals surface area contributed by atoms with Gasteiger partial charge < -0.3 is 14.6 Å². The minimum absolute atomic E-state index is 0.132. The van der Waals surface area contributed by atoms with Crippen molar-refractivity contribution in [3.8, 4) is 0 Å². The maximum absolute atomic E-state index is 11.6. The molecule has 0 aliphatic carbocycles. The van der Waals surface area contributed by atoms with Crippen LogP contribution in [0.5, 0.6) is 0 Å². The Hall–Kier alpha value is -1.88. The lowest BCUT2D eigenvalue weighted by Crippen LogP contribution is -2.22. The fourth-order valence-corrected chi connectivity index (χ4v) is 1.31. The smallest absolute Gasteiger partial charge is 0.338 e. The third-order valence-electron chi connectivity index (χ3n) is 2.22. The summed E-state index contributed by atoms with van der Waals surface area (Å²) in [6.07, 6.45) is 0. The van der Waals surface area contributed by atoms with Crippen molar-refractivity contribution in [3.63, 3.8) is 0 Å². The van der Waals surface area contributed by atoms with Crippen LogP contribution in [-0.2, 0) is 9.47 Å². The standard InChI is InChI=1S/C14H18O5/c1-14(2,3)19-9-8-18-13(17)11-6-4-10(5-7-11)12(15)16/h4-7H,8-9H2,1-3H3,(H,15,16). The van der Waals surface area contributed by atoms with Gasteiger partial charge in [0.15, 0.2) is 0 Å². The second-order valence-corrected chi connectivity index (χ2v) is 4.98. The number of esters is 1. The highest BCUT2D eigenvalue weighted by Gasteiger charge is 2.12. The minimum Gasteiger partial charge on any atom is -0.478 e. The van der Waals surface area contributed by atoms with Crippen LogP contribution in [0.1, 0.15) is 41.5 Å². The van der Waals surface area contributed by atoms with Crippen LogP contribution in [-0.4, -0.2) is 35.9 Å². The van der Waals surface area contributed by atoms with E-state index in [1.807, 2.05) is 20.8 Å². The zero-order valence-electron chi connectivity index (χ0n) is 11.3. The largest absolute Gasteiger partial charge is 0.478 e. The lowest BCUT2D eigenvalue weighted by atomic mass is 10.1. The highest BCUT2D eigenvalue weighted by molar-refractivity contribution is 5.92. The van der Waals surface area contributed by atoms with E-state index in [4.69, 9.17) is 14.6 Å². The minimum atomic E-state index is -1.03. The molecule has 5 nitrogen and oxygen atoms in total. The van der Waals surface area contributed by atoms with Crippen molar-refractivity contribution in [2.45, 2.75) is 26.4 Å². The van der Waals surface area contributed by atoms with Crippen LogP contribution < -0.4 is 0 Å². The van der Waals surface area contributed by atoms with E-state index in [1.54, 1.807) is 0 Å². The molecule has 0 spiro atoms. The first-order chi connectivity index (χ1) is 8.79. The summed E-state index contributed by atoms with van der Waals surface area (Å²) < 4.78 is 10.4. The third kappa shape index (κ3) is 5.52. The first-order valence-electron chi connectivity index (χ1n) is 5.94. The van der Waals surface area contributed by atoms with Gasteiger partial charge in [0.2, 0.25) is 0 Å². The normalized spacial score (nSPS) is 11.1. The van der Waals surface area contributed by atoms with Gasteiger partial charge in [-0.25, -0.2) is 9.59 Å². The average Bonchev–Trinajstić information content (AvgIpc) is 2.33. The number of ether oxygens (including phenoxy) is 2. The Morgan fingerprint density at radius 2 is 1.58 bits per heavy atom. The molecule has 104 valence electrons. The summed E-state index contributed by atoms with van der Waals surface area (Å²) in [7, 11) is 0. The van der Waals surface area contributed by atoms with E-state index in [0.717, 1.165) is 0 Å². The van der Waals surface area contributed by atoms with E-state index in [9.17, 15) is 9.59 Å². The predicted octanol–water partition coefficient (Wildman–Crippen LogP) is 2.36. The van der Waals surface area contributed by atoms with Crippen molar-refractivity contribution in [2.24, 2.45) is 0 Å². The first-order valence-corrected chi connectivity index (χ1v) is 5.94. The Labute approximate surface area is 112 Å². The van der Waals surface area contributed by atoms with Crippen LogP contribution in [0.15, 0.2) is 24.3 Å². The van der Waals surface area contributed by atoms with Crippen LogP contribution in [0.2, 0.25) is 0 Å². The second kappa shape index (κ2) is 6.33. The predicted molar refractivity (Wildman–Crippen MR) is 69.4 cm³/mol. The van der Waals surface area contributed by atoms with Crippen molar-refractivity contribution in [1.29, 1.82) is 0 Å². The van der Waals surface area contributed by atoms with Crippen LogP contribution in [0.3, 0.4) is 0 Å². The van der Waals surface area contributed by atoms with Crippen molar-refractivity contribution < 1.29 is 24.2 Å². The summed E-state index contributed by atoms with van der Waals surface area (Å²) in [6.45, 7) is 6.23. The summed E-state index contributed by atoms with van der Waals surface area (Å²) in [6, 6.07) is 5.59. The van der Waals surface area contributed by atoms with Crippen LogP contribution >= 0.6 is 0 Å². The molecule has 0 aromatic heterocycles. The highest BCUT2D eigenvalue weighted by atomic mass is 16.6. The molecule has 0 atom stereocenters. The average molecular weight is 266 g/mol. The molecular weight excluding hydrogens is 248 g/mol. The zero-order chi connectivity index (χ0) is 14.5. The molecule has 19 heavy (non-hydrogen) atoms. The summed E-state index contributed by atoms with van der Waals surface area (Å²) in [4.78, 5) is 22.3. The molecule has 0 radical (unpaired) electrons. The van der Waals surface area contributed by atoms with Gasteiger partial charge in [0.25, 0.3) is 0 Å². The lowest BCUT2D eigenvalue weighted by molar-refractivity contribution is -0.0281. The lowest BCUT2D eigenvalue weighted by Gasteiger charge is -2.19. The van der Waals surface area contributed by atoms with Crippen LogP contribution in [0.4, 0.5) is 0 Å². The number of aromatic carboxylic acids is 1. The van der Waals surface area contributed by atoms with Gasteiger partial charge in [-0.2, -0.15) is 0 Å². The van der Waals surface area contributed by atoms with E-state index >= 15 is 0 Å². The maximum atomic E-state index is 11.6. The quantitative estimate of drug-likeness (QED) is 0.654. The number of hydrogen-bond donors (Lipinski definition) is 1. The van der Waals surface area contributed by atoms with E-state index in [2.05, 4.69) is 0 Å². The summed E-state index contributed by atoms with van der Waals surface area (Å²) >= 11 is 0. The Balaban J connectivity index is 2.43. The van der Waals surface area contributed by atoms with Crippen molar-refractivity contribution in [1.82, 2.24) is 0 Å². The summed E-state index contributed by atoms with van der Waals surface area (Å²) in [5.74, 6) is -1.52. The SMILES string of the molecule is CC(C)(C)OCCOC(=O)c1ccc(C(=O)O)cc1. The van der Waals surface area contributed by atoms with Crippen LogP contribution in [0.25, 0.3) is 0 Å². The molecule has 5 heteroatoms. The molecule has 1 aromatic carbocycles. The first kappa shape index (κ1) is 15.2. The Bertz CT molecular complexity index is 442. The number of hydrogen-bond acceptors (Lipinski definition) is 4. The molecule has 0 unspecified atom stereocenters. The molecule has 0 saturated carbocycles. The fraction of sp³-hybridized carbons (Fsp3) is 0.429. The number of carbonyl (C=O) groups excluding carboxylic acids is 1. The molecule has 1 rings (SSSR count). The van der Waals surface area contributed by atoms with Gasteiger partial charge in [-0.05, 0) is 45.0 Å². The van der Waals surface area contributed by atoms with Crippen molar-refractivity contribution in [2.75, 3.05) is 13.2 Å². The van der Waals surface area contributed by atoms with Gasteiger partial charge in [0.05, 0.1) is 23.3 Å². The summed E-state index contributed by atoms with van der Waals surface area (Å²) in [5.41, 5.74) is 0.184. The molecular formula is C14H18O5. The van der Waals surface area contributed by atoms with Gasteiger partial charge in [-0.1, -0.05) is 0 Å². The third-order valence-corrected chi connectivity index (χ3v) is 2.22. The topological polar surface area (TPSA) is 72.8 Å². The second-order valence-electron chi connectivity index (χ2n) is 4.98. The fourth-order valence-electron chi connectivity index (χ4n) is 1.31. The molecule has 0 heterocycles. The summed E-state index contributed by atoms with van der Waals surface area (Å²) in [5, 5.41) is 8.73. The van der Waals surface area contributed by atoms with Gasteiger partial charge in [-0.3, -0.25) is 0 Å². The number of carbonyl (C=O) groups is 2. The highest BCUT2D eigenvalue weighted by Crippen LogP contribution is 2.08. The van der Waals surface area contributed by atoms with E-state index in [0.29, 0.717) is 12.2 Å².